The van der Waals surface area contributed by atoms with E-state index in [1.165, 1.54) is 0 Å². The lowest BCUT2D eigenvalue weighted by molar-refractivity contribution is -0.140. The minimum atomic E-state index is 0.0696. The van der Waals surface area contributed by atoms with Gasteiger partial charge in [0.2, 0.25) is 5.91 Å². The summed E-state index contributed by atoms with van der Waals surface area (Å²) in [7, 11) is 0. The molecule has 1 fully saturated rings. The van der Waals surface area contributed by atoms with Crippen molar-refractivity contribution < 1.29 is 14.3 Å². The van der Waals surface area contributed by atoms with Gasteiger partial charge in [-0.1, -0.05) is 0 Å². The van der Waals surface area contributed by atoms with Gasteiger partial charge in [0.05, 0.1) is 13.2 Å². The molecule has 1 rings (SSSR count). The van der Waals surface area contributed by atoms with E-state index in [0.717, 1.165) is 0 Å². The largest absolute Gasteiger partial charge is 0.378 e. The molecule has 0 radical (unpaired) electrons. The Morgan fingerprint density at radius 2 is 2.17 bits per heavy atom. The lowest BCUT2D eigenvalue weighted by atomic mass is 10.4. The van der Waals surface area contributed by atoms with Gasteiger partial charge in [0.25, 0.3) is 0 Å². The van der Waals surface area contributed by atoms with Gasteiger partial charge in [-0.25, -0.2) is 0 Å². The molecule has 0 atom stereocenters. The minimum Gasteiger partial charge on any atom is -0.378 e. The van der Waals surface area contributed by atoms with Gasteiger partial charge < -0.3 is 14.4 Å². The number of carbonyl (C=O) groups excluding carboxylic acids is 1. The predicted octanol–water partition coefficient (Wildman–Crippen LogP) is -0.118. The quantitative estimate of drug-likeness (QED) is 0.597. The van der Waals surface area contributed by atoms with E-state index in [1.807, 2.05) is 6.92 Å². The van der Waals surface area contributed by atoms with Crippen molar-refractivity contribution in [2.45, 2.75) is 6.92 Å². The average Bonchev–Trinajstić information content (AvgIpc) is 2.15. The molecule has 0 saturated carbocycles. The van der Waals surface area contributed by atoms with E-state index in [-0.39, 0.29) is 12.5 Å². The molecule has 1 aliphatic rings. The maximum atomic E-state index is 11.3. The van der Waals surface area contributed by atoms with E-state index in [2.05, 4.69) is 0 Å². The van der Waals surface area contributed by atoms with E-state index in [4.69, 9.17) is 9.47 Å². The molecular formula is C8H15NO3. The Morgan fingerprint density at radius 1 is 1.50 bits per heavy atom. The Balaban J connectivity index is 2.20. The van der Waals surface area contributed by atoms with Crippen LogP contribution in [0.4, 0.5) is 0 Å². The fourth-order valence-electron chi connectivity index (χ4n) is 1.09. The normalized spacial score (nSPS) is 17.9. The van der Waals surface area contributed by atoms with Gasteiger partial charge in [0, 0.05) is 19.7 Å². The van der Waals surface area contributed by atoms with Crippen molar-refractivity contribution in [2.75, 3.05) is 39.5 Å². The topological polar surface area (TPSA) is 38.8 Å². The molecule has 1 amide bonds. The molecule has 4 nitrogen and oxygen atoms in total. The standard InChI is InChI=1S/C8H15NO3/c1-2-11-7-8(10)9-3-5-12-6-4-9/h2-7H2,1H3. The van der Waals surface area contributed by atoms with Crippen LogP contribution in [0.1, 0.15) is 6.92 Å². The average molecular weight is 173 g/mol. The SMILES string of the molecule is CCOCC(=O)N1CCOCC1. The van der Waals surface area contributed by atoms with Crippen LogP contribution in [0.2, 0.25) is 0 Å². The first-order valence-electron chi connectivity index (χ1n) is 4.28. The summed E-state index contributed by atoms with van der Waals surface area (Å²) in [5.74, 6) is 0.0696. The van der Waals surface area contributed by atoms with Crippen molar-refractivity contribution in [3.63, 3.8) is 0 Å². The summed E-state index contributed by atoms with van der Waals surface area (Å²) < 4.78 is 10.1. The number of morpholine rings is 1. The second-order valence-corrected chi connectivity index (χ2v) is 2.63. The van der Waals surface area contributed by atoms with Gasteiger partial charge in [-0.05, 0) is 6.92 Å². The zero-order chi connectivity index (χ0) is 8.81. The highest BCUT2D eigenvalue weighted by Crippen LogP contribution is 1.97. The second-order valence-electron chi connectivity index (χ2n) is 2.63. The fourth-order valence-corrected chi connectivity index (χ4v) is 1.09. The predicted molar refractivity (Wildman–Crippen MR) is 43.9 cm³/mol. The molecule has 0 aliphatic carbocycles. The van der Waals surface area contributed by atoms with Crippen LogP contribution in [0, 0.1) is 0 Å². The molecule has 0 spiro atoms. The highest BCUT2D eigenvalue weighted by Gasteiger charge is 2.15. The summed E-state index contributed by atoms with van der Waals surface area (Å²) in [6.07, 6.45) is 0. The fraction of sp³-hybridized carbons (Fsp3) is 0.875. The van der Waals surface area contributed by atoms with E-state index in [0.29, 0.717) is 32.9 Å². The van der Waals surface area contributed by atoms with Crippen LogP contribution >= 0.6 is 0 Å². The van der Waals surface area contributed by atoms with Crippen LogP contribution in [0.25, 0.3) is 0 Å². The Labute approximate surface area is 72.4 Å². The van der Waals surface area contributed by atoms with Crippen LogP contribution in [0.5, 0.6) is 0 Å². The maximum Gasteiger partial charge on any atom is 0.248 e. The van der Waals surface area contributed by atoms with Gasteiger partial charge >= 0.3 is 0 Å². The van der Waals surface area contributed by atoms with Gasteiger partial charge in [-0.2, -0.15) is 0 Å². The van der Waals surface area contributed by atoms with E-state index in [1.54, 1.807) is 4.90 Å². The summed E-state index contributed by atoms with van der Waals surface area (Å²) >= 11 is 0. The van der Waals surface area contributed by atoms with Crippen molar-refractivity contribution in [1.29, 1.82) is 0 Å². The summed E-state index contributed by atoms with van der Waals surface area (Å²) in [6.45, 7) is 5.38. The molecule has 0 bridgehead atoms. The number of carbonyl (C=O) groups is 1. The number of amides is 1. The van der Waals surface area contributed by atoms with Crippen molar-refractivity contribution in [3.8, 4) is 0 Å². The smallest absolute Gasteiger partial charge is 0.248 e. The summed E-state index contributed by atoms with van der Waals surface area (Å²) in [4.78, 5) is 13.1. The first kappa shape index (κ1) is 9.48. The lowest BCUT2D eigenvalue weighted by Crippen LogP contribution is -2.42. The van der Waals surface area contributed by atoms with Gasteiger partial charge in [-0.3, -0.25) is 4.79 Å². The number of hydrogen-bond donors (Lipinski definition) is 0. The van der Waals surface area contributed by atoms with Crippen LogP contribution in [0.15, 0.2) is 0 Å². The Morgan fingerprint density at radius 3 is 2.75 bits per heavy atom. The zero-order valence-electron chi connectivity index (χ0n) is 7.41. The van der Waals surface area contributed by atoms with E-state index in [9.17, 15) is 4.79 Å². The molecule has 1 saturated heterocycles. The number of ether oxygens (including phenoxy) is 2. The van der Waals surface area contributed by atoms with Crippen molar-refractivity contribution in [3.05, 3.63) is 0 Å². The number of rotatable bonds is 3. The summed E-state index contributed by atoms with van der Waals surface area (Å²) in [6, 6.07) is 0. The third kappa shape index (κ3) is 2.79. The Kier molecular flexibility index (Phi) is 4.04. The number of hydrogen-bond acceptors (Lipinski definition) is 3. The maximum absolute atomic E-state index is 11.3. The van der Waals surface area contributed by atoms with Gasteiger partial charge in [-0.15, -0.1) is 0 Å². The number of nitrogens with zero attached hydrogens (tertiary/aromatic N) is 1. The molecule has 0 unspecified atom stereocenters. The zero-order valence-corrected chi connectivity index (χ0v) is 7.41. The third-order valence-corrected chi connectivity index (χ3v) is 1.79. The van der Waals surface area contributed by atoms with Crippen LogP contribution in [0.3, 0.4) is 0 Å². The van der Waals surface area contributed by atoms with Gasteiger partial charge in [0.1, 0.15) is 6.61 Å². The van der Waals surface area contributed by atoms with Crippen molar-refractivity contribution >= 4 is 5.91 Å². The molecule has 70 valence electrons. The third-order valence-electron chi connectivity index (χ3n) is 1.79. The van der Waals surface area contributed by atoms with Crippen molar-refractivity contribution in [1.82, 2.24) is 4.90 Å². The molecule has 0 aromatic heterocycles. The molecule has 0 aromatic carbocycles. The van der Waals surface area contributed by atoms with Gasteiger partial charge in [0.15, 0.2) is 0 Å². The second kappa shape index (κ2) is 5.11. The molecule has 12 heavy (non-hydrogen) atoms. The molecule has 4 heteroatoms. The summed E-state index contributed by atoms with van der Waals surface area (Å²) in [5, 5.41) is 0. The highest BCUT2D eigenvalue weighted by atomic mass is 16.5. The lowest BCUT2D eigenvalue weighted by Gasteiger charge is -2.26. The monoisotopic (exact) mass is 173 g/mol. The van der Waals surface area contributed by atoms with Crippen LogP contribution in [-0.4, -0.2) is 50.3 Å². The Hall–Kier alpha value is -0.610. The van der Waals surface area contributed by atoms with E-state index < -0.39 is 0 Å². The molecule has 1 heterocycles. The molecule has 0 N–H and O–H groups in total. The van der Waals surface area contributed by atoms with Crippen LogP contribution < -0.4 is 0 Å². The molecular weight excluding hydrogens is 158 g/mol. The highest BCUT2D eigenvalue weighted by molar-refractivity contribution is 5.77. The molecule has 1 aliphatic heterocycles. The van der Waals surface area contributed by atoms with E-state index >= 15 is 0 Å². The molecule has 0 aromatic rings. The van der Waals surface area contributed by atoms with Crippen LogP contribution in [-0.2, 0) is 14.3 Å². The Bertz CT molecular complexity index is 143. The summed E-state index contributed by atoms with van der Waals surface area (Å²) in [5.41, 5.74) is 0. The first-order valence-corrected chi connectivity index (χ1v) is 4.28. The minimum absolute atomic E-state index is 0.0696. The first-order chi connectivity index (χ1) is 5.84. The van der Waals surface area contributed by atoms with Crippen molar-refractivity contribution in [2.24, 2.45) is 0 Å².